The maximum absolute atomic E-state index is 14.2. The lowest BCUT2D eigenvalue weighted by Crippen LogP contribution is -2.28. The molecule has 0 radical (unpaired) electrons. The molecule has 0 amide bonds. The normalized spacial score (nSPS) is 15.8. The highest BCUT2D eigenvalue weighted by Crippen LogP contribution is 2.45. The molecule has 0 saturated heterocycles. The van der Waals surface area contributed by atoms with Crippen LogP contribution in [0.2, 0.25) is 0 Å². The Balaban J connectivity index is 1.75. The van der Waals surface area contributed by atoms with E-state index in [9.17, 15) is 9.50 Å². The van der Waals surface area contributed by atoms with Crippen molar-refractivity contribution in [1.29, 1.82) is 0 Å². The zero-order valence-corrected chi connectivity index (χ0v) is 14.3. The highest BCUT2D eigenvalue weighted by molar-refractivity contribution is 5.56. The van der Waals surface area contributed by atoms with E-state index in [1.165, 1.54) is 13.2 Å². The number of aromatic nitrogens is 1. The van der Waals surface area contributed by atoms with Gasteiger partial charge in [-0.1, -0.05) is 0 Å². The number of methoxy groups -OCH3 is 1. The van der Waals surface area contributed by atoms with Crippen molar-refractivity contribution in [3.63, 3.8) is 0 Å². The smallest absolute Gasteiger partial charge is 0.229 e. The van der Waals surface area contributed by atoms with Gasteiger partial charge in [0.05, 0.1) is 18.4 Å². The lowest BCUT2D eigenvalue weighted by Gasteiger charge is -2.21. The van der Waals surface area contributed by atoms with E-state index in [1.807, 2.05) is 14.0 Å². The van der Waals surface area contributed by atoms with Gasteiger partial charge < -0.3 is 14.3 Å². The van der Waals surface area contributed by atoms with E-state index in [-0.39, 0.29) is 17.9 Å². The maximum Gasteiger partial charge on any atom is 0.229 e. The Morgan fingerprint density at radius 3 is 2.75 bits per heavy atom. The highest BCUT2D eigenvalue weighted by atomic mass is 19.1. The van der Waals surface area contributed by atoms with Crippen LogP contribution >= 0.6 is 0 Å². The Morgan fingerprint density at radius 2 is 2.17 bits per heavy atom. The van der Waals surface area contributed by atoms with Gasteiger partial charge in [-0.05, 0) is 38.9 Å². The number of aliphatic hydroxyl groups is 1. The quantitative estimate of drug-likeness (QED) is 0.843. The molecule has 1 aromatic heterocycles. The number of ether oxygens (including phenoxy) is 1. The van der Waals surface area contributed by atoms with Crippen LogP contribution < -0.4 is 4.74 Å². The summed E-state index contributed by atoms with van der Waals surface area (Å²) >= 11 is 0. The third-order valence-electron chi connectivity index (χ3n) is 4.62. The summed E-state index contributed by atoms with van der Waals surface area (Å²) in [5.41, 5.74) is 1.16. The van der Waals surface area contributed by atoms with Crippen LogP contribution in [0.4, 0.5) is 4.39 Å². The molecular weight excluding hydrogens is 311 g/mol. The number of rotatable bonds is 7. The summed E-state index contributed by atoms with van der Waals surface area (Å²) in [5.74, 6) is 0.992. The van der Waals surface area contributed by atoms with Crippen molar-refractivity contribution in [1.82, 2.24) is 9.88 Å². The standard InChI is InChI=1S/C18H23FN2O3/c1-12-16(9-21(2)10-18(11-22)6-7-18)20-17(24-12)14-5-4-13(23-3)8-15(14)19/h4-5,8,22H,6-7,9-11H2,1-3H3. The fourth-order valence-electron chi connectivity index (χ4n) is 2.91. The summed E-state index contributed by atoms with van der Waals surface area (Å²) < 4.78 is 24.9. The molecule has 1 saturated carbocycles. The van der Waals surface area contributed by atoms with Crippen LogP contribution in [0.1, 0.15) is 24.3 Å². The van der Waals surface area contributed by atoms with E-state index in [0.717, 1.165) is 25.1 Å². The number of oxazole rings is 1. The first kappa shape index (κ1) is 16.9. The SMILES string of the molecule is COc1ccc(-c2nc(CN(C)CC3(CO)CC3)c(C)o2)c(F)c1. The molecule has 1 heterocycles. The van der Waals surface area contributed by atoms with Crippen LogP contribution in [-0.4, -0.2) is 42.3 Å². The van der Waals surface area contributed by atoms with Gasteiger partial charge >= 0.3 is 0 Å². The van der Waals surface area contributed by atoms with E-state index in [4.69, 9.17) is 9.15 Å². The first-order valence-electron chi connectivity index (χ1n) is 8.06. The van der Waals surface area contributed by atoms with Gasteiger partial charge in [0.2, 0.25) is 5.89 Å². The molecule has 0 unspecified atom stereocenters. The second-order valence-electron chi connectivity index (χ2n) is 6.70. The van der Waals surface area contributed by atoms with E-state index in [1.54, 1.807) is 12.1 Å². The van der Waals surface area contributed by atoms with E-state index >= 15 is 0 Å². The summed E-state index contributed by atoms with van der Waals surface area (Å²) in [5, 5.41) is 9.44. The molecule has 2 aromatic rings. The molecule has 1 aliphatic carbocycles. The van der Waals surface area contributed by atoms with Crippen molar-refractivity contribution >= 4 is 0 Å². The van der Waals surface area contributed by atoms with Crippen molar-refractivity contribution in [2.24, 2.45) is 5.41 Å². The van der Waals surface area contributed by atoms with Gasteiger partial charge in [-0.25, -0.2) is 9.37 Å². The van der Waals surface area contributed by atoms with Gasteiger partial charge in [0, 0.05) is 31.2 Å². The zero-order valence-electron chi connectivity index (χ0n) is 14.3. The van der Waals surface area contributed by atoms with Gasteiger partial charge in [-0.2, -0.15) is 0 Å². The summed E-state index contributed by atoms with van der Waals surface area (Å²) in [6.07, 6.45) is 2.13. The summed E-state index contributed by atoms with van der Waals surface area (Å²) in [6, 6.07) is 4.61. The van der Waals surface area contributed by atoms with Crippen LogP contribution in [0.5, 0.6) is 5.75 Å². The second kappa shape index (κ2) is 6.53. The van der Waals surface area contributed by atoms with Crippen LogP contribution in [0.25, 0.3) is 11.5 Å². The molecule has 0 bridgehead atoms. The first-order valence-corrected chi connectivity index (χ1v) is 8.06. The van der Waals surface area contributed by atoms with Crippen molar-refractivity contribution < 1.29 is 18.7 Å². The van der Waals surface area contributed by atoms with Crippen molar-refractivity contribution in [2.75, 3.05) is 27.3 Å². The molecule has 24 heavy (non-hydrogen) atoms. The molecule has 3 rings (SSSR count). The Labute approximate surface area is 141 Å². The minimum atomic E-state index is -0.423. The third kappa shape index (κ3) is 3.44. The highest BCUT2D eigenvalue weighted by Gasteiger charge is 2.42. The van der Waals surface area contributed by atoms with Crippen molar-refractivity contribution in [3.8, 4) is 17.2 Å². The topological polar surface area (TPSA) is 58.7 Å². The molecule has 0 aliphatic heterocycles. The lowest BCUT2D eigenvalue weighted by atomic mass is 10.1. The van der Waals surface area contributed by atoms with Crippen LogP contribution in [0, 0.1) is 18.2 Å². The fraction of sp³-hybridized carbons (Fsp3) is 0.500. The maximum atomic E-state index is 14.2. The molecule has 130 valence electrons. The second-order valence-corrected chi connectivity index (χ2v) is 6.70. The zero-order chi connectivity index (χ0) is 17.3. The molecule has 1 aromatic carbocycles. The predicted molar refractivity (Wildman–Crippen MR) is 88.3 cm³/mol. The Kier molecular flexibility index (Phi) is 4.60. The molecule has 6 heteroatoms. The van der Waals surface area contributed by atoms with Crippen molar-refractivity contribution in [2.45, 2.75) is 26.3 Å². The predicted octanol–water partition coefficient (Wildman–Crippen LogP) is 3.00. The summed E-state index contributed by atoms with van der Waals surface area (Å²) in [6.45, 7) is 3.48. The first-order chi connectivity index (χ1) is 11.5. The van der Waals surface area contributed by atoms with Gasteiger partial charge in [0.15, 0.2) is 0 Å². The van der Waals surface area contributed by atoms with Gasteiger partial charge in [-0.3, -0.25) is 4.90 Å². The Bertz CT molecular complexity index is 725. The van der Waals surface area contributed by atoms with Gasteiger partial charge in [0.1, 0.15) is 17.3 Å². The minimum Gasteiger partial charge on any atom is -0.497 e. The van der Waals surface area contributed by atoms with E-state index < -0.39 is 5.82 Å². The molecular formula is C18H23FN2O3. The number of benzene rings is 1. The van der Waals surface area contributed by atoms with E-state index in [0.29, 0.717) is 23.6 Å². The average Bonchev–Trinajstić information content (AvgIpc) is 3.24. The molecule has 1 aliphatic rings. The van der Waals surface area contributed by atoms with Gasteiger partial charge in [-0.15, -0.1) is 0 Å². The molecule has 1 N–H and O–H groups in total. The number of halogens is 1. The van der Waals surface area contributed by atoms with Crippen molar-refractivity contribution in [3.05, 3.63) is 35.5 Å². The fourth-order valence-corrected chi connectivity index (χ4v) is 2.91. The lowest BCUT2D eigenvalue weighted by molar-refractivity contribution is 0.160. The molecule has 0 spiro atoms. The summed E-state index contributed by atoms with van der Waals surface area (Å²) in [4.78, 5) is 6.59. The molecule has 1 fully saturated rings. The van der Waals surface area contributed by atoms with Crippen LogP contribution in [0.15, 0.2) is 22.6 Å². The van der Waals surface area contributed by atoms with Gasteiger partial charge in [0.25, 0.3) is 0 Å². The van der Waals surface area contributed by atoms with Crippen LogP contribution in [-0.2, 0) is 6.54 Å². The molecule has 5 nitrogen and oxygen atoms in total. The number of nitrogens with zero attached hydrogens (tertiary/aromatic N) is 2. The Morgan fingerprint density at radius 1 is 1.42 bits per heavy atom. The average molecular weight is 334 g/mol. The number of hydrogen-bond acceptors (Lipinski definition) is 5. The van der Waals surface area contributed by atoms with E-state index in [2.05, 4.69) is 9.88 Å². The largest absolute Gasteiger partial charge is 0.497 e. The number of hydrogen-bond donors (Lipinski definition) is 1. The molecule has 0 atom stereocenters. The van der Waals surface area contributed by atoms with Crippen LogP contribution in [0.3, 0.4) is 0 Å². The number of aliphatic hydroxyl groups excluding tert-OH is 1. The minimum absolute atomic E-state index is 0.0529. The monoisotopic (exact) mass is 334 g/mol. The third-order valence-corrected chi connectivity index (χ3v) is 4.62. The summed E-state index contributed by atoms with van der Waals surface area (Å²) in [7, 11) is 3.49. The number of aryl methyl sites for hydroxylation is 1. The Hall–Kier alpha value is -1.92.